The van der Waals surface area contributed by atoms with Gasteiger partial charge >= 0.3 is 0 Å². The van der Waals surface area contributed by atoms with Gasteiger partial charge in [0.25, 0.3) is 0 Å². The number of carbonyl (C=O) groups excluding carboxylic acids is 1. The molecule has 0 saturated heterocycles. The molecule has 0 aliphatic carbocycles. The average molecular weight is 163 g/mol. The first-order valence-corrected chi connectivity index (χ1v) is 3.45. The van der Waals surface area contributed by atoms with E-state index in [1.54, 1.807) is 0 Å². The van der Waals surface area contributed by atoms with E-state index in [0.717, 1.165) is 11.8 Å². The van der Waals surface area contributed by atoms with E-state index in [1.807, 2.05) is 0 Å². The summed E-state index contributed by atoms with van der Waals surface area (Å²) < 4.78 is 0.371. The molecule has 9 heavy (non-hydrogen) atoms. The van der Waals surface area contributed by atoms with Gasteiger partial charge in [0.05, 0.1) is 4.36 Å². The molecule has 0 amide bonds. The third-order valence-electron chi connectivity index (χ3n) is 0.627. The van der Waals surface area contributed by atoms with Gasteiger partial charge < -0.3 is 0 Å². The second-order valence-electron chi connectivity index (χ2n) is 1.44. The topological polar surface area (TPSA) is 17.1 Å². The van der Waals surface area contributed by atoms with Crippen molar-refractivity contribution in [2.75, 3.05) is 0 Å². The van der Waals surface area contributed by atoms with Crippen LogP contribution < -0.4 is 0 Å². The van der Waals surface area contributed by atoms with E-state index in [9.17, 15) is 4.79 Å². The number of rotatable bonds is 3. The summed E-state index contributed by atoms with van der Waals surface area (Å²) in [5, 5.41) is 0. The lowest BCUT2D eigenvalue weighted by Crippen LogP contribution is -1.87. The van der Waals surface area contributed by atoms with Gasteiger partial charge in [0.2, 0.25) is 0 Å². The maximum absolute atomic E-state index is 10.5. The Morgan fingerprint density at radius 3 is 2.11 bits per heavy atom. The van der Waals surface area contributed by atoms with Crippen LogP contribution in [0.15, 0.2) is 22.4 Å². The summed E-state index contributed by atoms with van der Waals surface area (Å²) in [7, 11) is 0. The molecule has 0 radical (unpaired) electrons. The Hall–Kier alpha value is -0.210. The standard InChI is InChI=1S/C6H7ClOS/c1-4(8)5(2)9-6(3)7/h2-3H2,1H3. The highest BCUT2D eigenvalue weighted by molar-refractivity contribution is 8.08. The number of ketones is 1. The van der Waals surface area contributed by atoms with Gasteiger partial charge in [-0.25, -0.2) is 0 Å². The molecule has 0 fully saturated rings. The molecule has 0 rings (SSSR count). The maximum Gasteiger partial charge on any atom is 0.165 e. The first-order chi connectivity index (χ1) is 4.04. The van der Waals surface area contributed by atoms with Gasteiger partial charge in [0.15, 0.2) is 5.78 Å². The van der Waals surface area contributed by atoms with Crippen molar-refractivity contribution in [2.45, 2.75) is 6.92 Å². The molecule has 0 aliphatic rings. The summed E-state index contributed by atoms with van der Waals surface area (Å²) in [6.07, 6.45) is 0. The molecule has 0 N–H and O–H groups in total. The minimum atomic E-state index is -0.0678. The summed E-state index contributed by atoms with van der Waals surface area (Å²) in [4.78, 5) is 10.9. The van der Waals surface area contributed by atoms with Crippen LogP contribution in [0, 0.1) is 0 Å². The van der Waals surface area contributed by atoms with Crippen LogP contribution in [-0.2, 0) is 4.79 Å². The number of hydrogen-bond donors (Lipinski definition) is 0. The lowest BCUT2D eigenvalue weighted by Gasteiger charge is -1.94. The summed E-state index contributed by atoms with van der Waals surface area (Å²) in [6.45, 7) is 8.29. The highest BCUT2D eigenvalue weighted by Gasteiger charge is 2.00. The Kier molecular flexibility index (Phi) is 3.66. The third-order valence-corrected chi connectivity index (χ3v) is 1.61. The maximum atomic E-state index is 10.5. The monoisotopic (exact) mass is 162 g/mol. The minimum Gasteiger partial charge on any atom is -0.294 e. The molecule has 0 spiro atoms. The van der Waals surface area contributed by atoms with Crippen LogP contribution in [0.5, 0.6) is 0 Å². The zero-order valence-corrected chi connectivity index (χ0v) is 6.68. The van der Waals surface area contributed by atoms with E-state index in [0.29, 0.717) is 9.27 Å². The van der Waals surface area contributed by atoms with Crippen LogP contribution in [-0.4, -0.2) is 5.78 Å². The molecule has 0 aromatic rings. The summed E-state index contributed by atoms with van der Waals surface area (Å²) in [5.41, 5.74) is 0. The summed E-state index contributed by atoms with van der Waals surface area (Å²) in [6, 6.07) is 0. The summed E-state index contributed by atoms with van der Waals surface area (Å²) >= 11 is 6.46. The van der Waals surface area contributed by atoms with Crippen molar-refractivity contribution in [3.8, 4) is 0 Å². The van der Waals surface area contributed by atoms with Crippen molar-refractivity contribution in [3.05, 3.63) is 22.4 Å². The number of halogens is 1. The molecule has 0 atom stereocenters. The van der Waals surface area contributed by atoms with E-state index in [1.165, 1.54) is 6.92 Å². The first kappa shape index (κ1) is 8.79. The van der Waals surface area contributed by atoms with Crippen LogP contribution >= 0.6 is 23.4 Å². The van der Waals surface area contributed by atoms with Crippen molar-refractivity contribution in [2.24, 2.45) is 0 Å². The second-order valence-corrected chi connectivity index (χ2v) is 3.31. The molecule has 0 unspecified atom stereocenters. The van der Waals surface area contributed by atoms with Gasteiger partial charge in [-0.3, -0.25) is 4.79 Å². The zero-order valence-electron chi connectivity index (χ0n) is 5.11. The fourth-order valence-corrected chi connectivity index (χ4v) is 0.896. The Balaban J connectivity index is 3.79. The average Bonchev–Trinajstić information content (AvgIpc) is 1.63. The minimum absolute atomic E-state index is 0.0678. The molecule has 50 valence electrons. The van der Waals surface area contributed by atoms with Crippen LogP contribution in [0.4, 0.5) is 0 Å². The molecule has 0 aromatic carbocycles. The van der Waals surface area contributed by atoms with Crippen molar-refractivity contribution < 1.29 is 4.79 Å². The zero-order chi connectivity index (χ0) is 7.44. The number of Topliss-reactive ketones (excluding diaryl/α,β-unsaturated/α-hetero) is 1. The third kappa shape index (κ3) is 4.30. The van der Waals surface area contributed by atoms with Crippen molar-refractivity contribution in [1.29, 1.82) is 0 Å². The van der Waals surface area contributed by atoms with Crippen LogP contribution in [0.25, 0.3) is 0 Å². The van der Waals surface area contributed by atoms with E-state index < -0.39 is 0 Å². The largest absolute Gasteiger partial charge is 0.294 e. The highest BCUT2D eigenvalue weighted by atomic mass is 35.5. The van der Waals surface area contributed by atoms with E-state index in [4.69, 9.17) is 11.6 Å². The summed E-state index contributed by atoms with van der Waals surface area (Å²) in [5.74, 6) is -0.0678. The SMILES string of the molecule is C=C(Cl)SC(=C)C(C)=O. The van der Waals surface area contributed by atoms with E-state index in [-0.39, 0.29) is 5.78 Å². The van der Waals surface area contributed by atoms with E-state index in [2.05, 4.69) is 13.2 Å². The lowest BCUT2D eigenvalue weighted by atomic mass is 10.4. The quantitative estimate of drug-likeness (QED) is 0.594. The molecular formula is C6H7ClOS. The Morgan fingerprint density at radius 2 is 2.00 bits per heavy atom. The molecule has 0 heterocycles. The van der Waals surface area contributed by atoms with Gasteiger partial charge in [-0.15, -0.1) is 0 Å². The predicted molar refractivity (Wildman–Crippen MR) is 42.4 cm³/mol. The van der Waals surface area contributed by atoms with Crippen molar-refractivity contribution >= 4 is 29.1 Å². The molecular weight excluding hydrogens is 156 g/mol. The van der Waals surface area contributed by atoms with Crippen molar-refractivity contribution in [1.82, 2.24) is 0 Å². The van der Waals surface area contributed by atoms with Gasteiger partial charge in [-0.05, 0) is 6.92 Å². The Bertz CT molecular complexity index is 162. The highest BCUT2D eigenvalue weighted by Crippen LogP contribution is 2.25. The van der Waals surface area contributed by atoms with E-state index >= 15 is 0 Å². The number of thioether (sulfide) groups is 1. The van der Waals surface area contributed by atoms with Gasteiger partial charge in [-0.1, -0.05) is 36.5 Å². The normalized spacial score (nSPS) is 8.67. The molecule has 0 saturated carbocycles. The molecule has 0 aliphatic heterocycles. The van der Waals surface area contributed by atoms with Gasteiger partial charge in [0.1, 0.15) is 0 Å². The first-order valence-electron chi connectivity index (χ1n) is 2.26. The fourth-order valence-electron chi connectivity index (χ4n) is 0.206. The van der Waals surface area contributed by atoms with Crippen LogP contribution in [0.1, 0.15) is 6.92 Å². The second kappa shape index (κ2) is 3.75. The van der Waals surface area contributed by atoms with Crippen LogP contribution in [0.3, 0.4) is 0 Å². The molecule has 0 bridgehead atoms. The number of allylic oxidation sites excluding steroid dienone is 1. The number of hydrogen-bond acceptors (Lipinski definition) is 2. The van der Waals surface area contributed by atoms with Crippen molar-refractivity contribution in [3.63, 3.8) is 0 Å². The lowest BCUT2D eigenvalue weighted by molar-refractivity contribution is -0.112. The van der Waals surface area contributed by atoms with Crippen LogP contribution in [0.2, 0.25) is 0 Å². The Labute approximate surface area is 63.8 Å². The predicted octanol–water partition coefficient (Wildman–Crippen LogP) is 2.53. The van der Waals surface area contributed by atoms with Gasteiger partial charge in [0, 0.05) is 4.91 Å². The molecule has 3 heteroatoms. The molecule has 0 aromatic heterocycles. The number of carbonyl (C=O) groups is 1. The fraction of sp³-hybridized carbons (Fsp3) is 0.167. The van der Waals surface area contributed by atoms with Gasteiger partial charge in [-0.2, -0.15) is 0 Å². The Morgan fingerprint density at radius 1 is 1.56 bits per heavy atom. The molecule has 1 nitrogen and oxygen atoms in total. The smallest absolute Gasteiger partial charge is 0.165 e.